The van der Waals surface area contributed by atoms with Crippen molar-refractivity contribution in [2.45, 2.75) is 19.8 Å². The van der Waals surface area contributed by atoms with Crippen LogP contribution in [-0.2, 0) is 12.8 Å². The second-order valence-electron chi connectivity index (χ2n) is 2.71. The van der Waals surface area contributed by atoms with Crippen LogP contribution in [0.4, 0.5) is 4.39 Å². The summed E-state index contributed by atoms with van der Waals surface area (Å²) in [5.74, 6) is -0.134. The standard InChI is InChI=1S/C10H12BrF/c1-2-8-7-10(12)4-3-9(8)5-6-11/h3-4,7H,2,5-6H2,1H3. The molecule has 0 N–H and O–H groups in total. The molecular weight excluding hydrogens is 219 g/mol. The van der Waals surface area contributed by atoms with Crippen molar-refractivity contribution < 1.29 is 4.39 Å². The van der Waals surface area contributed by atoms with Crippen molar-refractivity contribution in [1.82, 2.24) is 0 Å². The van der Waals surface area contributed by atoms with Crippen LogP contribution in [0.1, 0.15) is 18.1 Å². The maximum Gasteiger partial charge on any atom is 0.123 e. The predicted molar refractivity (Wildman–Crippen MR) is 53.3 cm³/mol. The second-order valence-corrected chi connectivity index (χ2v) is 3.50. The molecule has 1 aromatic carbocycles. The first-order valence-electron chi connectivity index (χ1n) is 4.11. The molecule has 0 radical (unpaired) electrons. The van der Waals surface area contributed by atoms with Gasteiger partial charge in [-0.25, -0.2) is 4.39 Å². The fraction of sp³-hybridized carbons (Fsp3) is 0.400. The van der Waals surface area contributed by atoms with Crippen LogP contribution in [0.2, 0.25) is 0 Å². The molecule has 0 spiro atoms. The van der Waals surface area contributed by atoms with Crippen LogP contribution in [0.3, 0.4) is 0 Å². The molecule has 12 heavy (non-hydrogen) atoms. The van der Waals surface area contributed by atoms with Gasteiger partial charge in [0, 0.05) is 5.33 Å². The number of rotatable bonds is 3. The third-order valence-electron chi connectivity index (χ3n) is 1.91. The summed E-state index contributed by atoms with van der Waals surface area (Å²) in [7, 11) is 0. The Balaban J connectivity index is 2.94. The molecule has 0 saturated heterocycles. The summed E-state index contributed by atoms with van der Waals surface area (Å²) >= 11 is 3.37. The average Bonchev–Trinajstić information content (AvgIpc) is 2.08. The van der Waals surface area contributed by atoms with Gasteiger partial charge in [0.2, 0.25) is 0 Å². The zero-order valence-electron chi connectivity index (χ0n) is 7.11. The van der Waals surface area contributed by atoms with Gasteiger partial charge in [-0.15, -0.1) is 0 Å². The van der Waals surface area contributed by atoms with Gasteiger partial charge in [-0.1, -0.05) is 28.9 Å². The smallest absolute Gasteiger partial charge is 0.123 e. The molecule has 0 nitrogen and oxygen atoms in total. The lowest BCUT2D eigenvalue weighted by molar-refractivity contribution is 0.624. The maximum atomic E-state index is 12.8. The molecule has 0 unspecified atom stereocenters. The van der Waals surface area contributed by atoms with E-state index >= 15 is 0 Å². The Labute approximate surface area is 80.9 Å². The molecule has 0 aliphatic carbocycles. The Morgan fingerprint density at radius 2 is 2.08 bits per heavy atom. The molecule has 0 bridgehead atoms. The summed E-state index contributed by atoms with van der Waals surface area (Å²) in [5, 5.41) is 0.936. The van der Waals surface area contributed by atoms with Gasteiger partial charge in [0.05, 0.1) is 0 Å². The van der Waals surface area contributed by atoms with Crippen molar-refractivity contribution in [3.05, 3.63) is 35.1 Å². The van der Waals surface area contributed by atoms with Gasteiger partial charge in [-0.2, -0.15) is 0 Å². The van der Waals surface area contributed by atoms with Crippen molar-refractivity contribution >= 4 is 15.9 Å². The molecule has 66 valence electrons. The lowest BCUT2D eigenvalue weighted by atomic mass is 10.0. The van der Waals surface area contributed by atoms with Crippen molar-refractivity contribution in [2.24, 2.45) is 0 Å². The molecule has 1 rings (SSSR count). The SMILES string of the molecule is CCc1cc(F)ccc1CCBr. The van der Waals surface area contributed by atoms with E-state index in [9.17, 15) is 4.39 Å². The van der Waals surface area contributed by atoms with Gasteiger partial charge in [0.1, 0.15) is 5.82 Å². The molecule has 0 aliphatic rings. The molecule has 0 saturated carbocycles. The summed E-state index contributed by atoms with van der Waals surface area (Å²) < 4.78 is 12.8. The molecule has 1 aromatic rings. The topological polar surface area (TPSA) is 0 Å². The van der Waals surface area contributed by atoms with E-state index in [1.165, 1.54) is 11.6 Å². The Morgan fingerprint density at radius 3 is 2.67 bits per heavy atom. The second kappa shape index (κ2) is 4.61. The molecule has 0 fully saturated rings. The summed E-state index contributed by atoms with van der Waals surface area (Å²) in [6.07, 6.45) is 1.88. The summed E-state index contributed by atoms with van der Waals surface area (Å²) in [5.41, 5.74) is 2.37. The molecule has 0 amide bonds. The number of hydrogen-bond donors (Lipinski definition) is 0. The van der Waals surface area contributed by atoms with Crippen LogP contribution in [0, 0.1) is 5.82 Å². The third-order valence-corrected chi connectivity index (χ3v) is 2.31. The fourth-order valence-corrected chi connectivity index (χ4v) is 1.70. The zero-order valence-corrected chi connectivity index (χ0v) is 8.70. The van der Waals surface area contributed by atoms with Crippen molar-refractivity contribution in [1.29, 1.82) is 0 Å². The first-order valence-corrected chi connectivity index (χ1v) is 5.23. The highest BCUT2D eigenvalue weighted by atomic mass is 79.9. The average molecular weight is 231 g/mol. The minimum absolute atomic E-state index is 0.134. The Kier molecular flexibility index (Phi) is 3.73. The first kappa shape index (κ1) is 9.72. The van der Waals surface area contributed by atoms with Crippen LogP contribution in [0.25, 0.3) is 0 Å². The van der Waals surface area contributed by atoms with Crippen LogP contribution in [0.5, 0.6) is 0 Å². The van der Waals surface area contributed by atoms with Gasteiger partial charge >= 0.3 is 0 Å². The van der Waals surface area contributed by atoms with Crippen molar-refractivity contribution in [3.63, 3.8) is 0 Å². The van der Waals surface area contributed by atoms with Gasteiger partial charge in [-0.05, 0) is 36.1 Å². The minimum Gasteiger partial charge on any atom is -0.207 e. The molecule has 0 aliphatic heterocycles. The number of benzene rings is 1. The highest BCUT2D eigenvalue weighted by Crippen LogP contribution is 2.13. The minimum atomic E-state index is -0.134. The normalized spacial score (nSPS) is 10.2. The van der Waals surface area contributed by atoms with E-state index in [2.05, 4.69) is 15.9 Å². The summed E-state index contributed by atoms with van der Waals surface area (Å²) in [6.45, 7) is 2.05. The maximum absolute atomic E-state index is 12.8. The Bertz CT molecular complexity index is 258. The number of aryl methyl sites for hydroxylation is 2. The van der Waals surface area contributed by atoms with E-state index in [1.54, 1.807) is 6.07 Å². The quantitative estimate of drug-likeness (QED) is 0.700. The van der Waals surface area contributed by atoms with Gasteiger partial charge in [-0.3, -0.25) is 0 Å². The van der Waals surface area contributed by atoms with Crippen LogP contribution < -0.4 is 0 Å². The van der Waals surface area contributed by atoms with Gasteiger partial charge in [0.25, 0.3) is 0 Å². The molecule has 0 atom stereocenters. The first-order chi connectivity index (χ1) is 5.77. The van der Waals surface area contributed by atoms with Crippen molar-refractivity contribution in [3.8, 4) is 0 Å². The number of alkyl halides is 1. The highest BCUT2D eigenvalue weighted by molar-refractivity contribution is 9.09. The van der Waals surface area contributed by atoms with Crippen molar-refractivity contribution in [2.75, 3.05) is 5.33 Å². The van der Waals surface area contributed by atoms with Gasteiger partial charge in [0.15, 0.2) is 0 Å². The molecule has 0 heterocycles. The van der Waals surface area contributed by atoms with E-state index in [1.807, 2.05) is 13.0 Å². The molecular formula is C10H12BrF. The highest BCUT2D eigenvalue weighted by Gasteiger charge is 2.00. The Morgan fingerprint density at radius 1 is 1.33 bits per heavy atom. The lowest BCUT2D eigenvalue weighted by Gasteiger charge is -2.05. The predicted octanol–water partition coefficient (Wildman–Crippen LogP) is 3.33. The van der Waals surface area contributed by atoms with Crippen LogP contribution >= 0.6 is 15.9 Å². The monoisotopic (exact) mass is 230 g/mol. The fourth-order valence-electron chi connectivity index (χ4n) is 1.27. The molecule has 0 aromatic heterocycles. The van der Waals surface area contributed by atoms with E-state index in [-0.39, 0.29) is 5.82 Å². The summed E-state index contributed by atoms with van der Waals surface area (Å²) in [4.78, 5) is 0. The lowest BCUT2D eigenvalue weighted by Crippen LogP contribution is -1.94. The summed E-state index contributed by atoms with van der Waals surface area (Å²) in [6, 6.07) is 5.02. The number of halogens is 2. The van der Waals surface area contributed by atoms with E-state index in [0.717, 1.165) is 23.7 Å². The van der Waals surface area contributed by atoms with E-state index in [4.69, 9.17) is 0 Å². The number of hydrogen-bond acceptors (Lipinski definition) is 0. The van der Waals surface area contributed by atoms with Crippen LogP contribution in [0.15, 0.2) is 18.2 Å². The largest absolute Gasteiger partial charge is 0.207 e. The van der Waals surface area contributed by atoms with E-state index < -0.39 is 0 Å². The zero-order chi connectivity index (χ0) is 8.97. The van der Waals surface area contributed by atoms with Crippen LogP contribution in [-0.4, -0.2) is 5.33 Å². The third kappa shape index (κ3) is 2.31. The Hall–Kier alpha value is -0.370. The van der Waals surface area contributed by atoms with Gasteiger partial charge < -0.3 is 0 Å². The van der Waals surface area contributed by atoms with E-state index in [0.29, 0.717) is 0 Å². The molecule has 2 heteroatoms.